The number of hydrogen-bond donors (Lipinski definition) is 2. The Bertz CT molecular complexity index is 544. The lowest BCUT2D eigenvalue weighted by Crippen LogP contribution is -2.58. The van der Waals surface area contributed by atoms with E-state index < -0.39 is 5.54 Å². The second-order valence-electron chi connectivity index (χ2n) is 6.05. The van der Waals surface area contributed by atoms with Crippen molar-refractivity contribution in [2.24, 2.45) is 18.7 Å². The van der Waals surface area contributed by atoms with Crippen molar-refractivity contribution in [3.8, 4) is 0 Å². The largest absolute Gasteiger partial charge is 0.391 e. The molecule has 1 amide bonds. The molecule has 1 aromatic rings. The maximum atomic E-state index is 12.5. The topological polar surface area (TPSA) is 72.9 Å². The van der Waals surface area contributed by atoms with E-state index in [4.69, 9.17) is 18.0 Å². The van der Waals surface area contributed by atoms with Crippen LogP contribution in [0.1, 0.15) is 55.1 Å². The summed E-state index contributed by atoms with van der Waals surface area (Å²) in [7, 11) is 1.81. The highest BCUT2D eigenvalue weighted by Crippen LogP contribution is 2.34. The van der Waals surface area contributed by atoms with Gasteiger partial charge in [-0.2, -0.15) is 5.10 Å². The molecular weight excluding hydrogens is 284 g/mol. The SMILES string of the molecule is CCC1CCC(NC(=O)c2cn(C)nc2C)(C(N)=S)CC1. The van der Waals surface area contributed by atoms with Crippen molar-refractivity contribution in [2.75, 3.05) is 0 Å². The second kappa shape index (κ2) is 6.13. The van der Waals surface area contributed by atoms with Gasteiger partial charge in [0.2, 0.25) is 0 Å². The third kappa shape index (κ3) is 3.26. The Labute approximate surface area is 131 Å². The Balaban J connectivity index is 2.16. The summed E-state index contributed by atoms with van der Waals surface area (Å²) in [5.74, 6) is 0.577. The Morgan fingerprint density at radius 2 is 2.19 bits per heavy atom. The van der Waals surface area contributed by atoms with Gasteiger partial charge in [0.1, 0.15) is 0 Å². The molecule has 0 aliphatic heterocycles. The van der Waals surface area contributed by atoms with Gasteiger partial charge in [-0.25, -0.2) is 0 Å². The zero-order valence-electron chi connectivity index (χ0n) is 13.0. The molecule has 1 aliphatic rings. The minimum absolute atomic E-state index is 0.136. The van der Waals surface area contributed by atoms with Crippen LogP contribution < -0.4 is 11.1 Å². The van der Waals surface area contributed by atoms with Gasteiger partial charge in [0.05, 0.1) is 21.8 Å². The Kier molecular flexibility index (Phi) is 4.66. The number of hydrogen-bond acceptors (Lipinski definition) is 3. The third-order valence-corrected chi connectivity index (χ3v) is 5.01. The third-order valence-electron chi connectivity index (χ3n) is 4.62. The van der Waals surface area contributed by atoms with Crippen molar-refractivity contribution in [3.05, 3.63) is 17.5 Å². The molecule has 5 nitrogen and oxygen atoms in total. The number of amides is 1. The highest BCUT2D eigenvalue weighted by atomic mass is 32.1. The van der Waals surface area contributed by atoms with Crippen LogP contribution in [-0.4, -0.2) is 26.2 Å². The molecule has 0 saturated heterocycles. The summed E-state index contributed by atoms with van der Waals surface area (Å²) < 4.78 is 1.64. The number of carbonyl (C=O) groups excluding carboxylic acids is 1. The van der Waals surface area contributed by atoms with Crippen LogP contribution in [0.2, 0.25) is 0 Å². The van der Waals surface area contributed by atoms with Crippen LogP contribution in [0.25, 0.3) is 0 Å². The van der Waals surface area contributed by atoms with Gasteiger partial charge in [-0.15, -0.1) is 0 Å². The van der Waals surface area contributed by atoms with E-state index in [1.165, 1.54) is 6.42 Å². The fourth-order valence-electron chi connectivity index (χ4n) is 3.12. The van der Waals surface area contributed by atoms with Crippen molar-refractivity contribution in [1.29, 1.82) is 0 Å². The van der Waals surface area contributed by atoms with Crippen molar-refractivity contribution in [1.82, 2.24) is 15.1 Å². The standard InChI is InChI=1S/C15H24N4OS/c1-4-11-5-7-15(8-6-11,14(16)21)17-13(20)12-9-19(3)18-10(12)2/h9,11H,4-8H2,1-3H3,(H2,16,21)(H,17,20). The summed E-state index contributed by atoms with van der Waals surface area (Å²) in [5, 5.41) is 7.30. The first-order valence-corrected chi connectivity index (χ1v) is 7.91. The predicted molar refractivity (Wildman–Crippen MR) is 87.2 cm³/mol. The smallest absolute Gasteiger partial charge is 0.255 e. The van der Waals surface area contributed by atoms with Crippen molar-refractivity contribution in [3.63, 3.8) is 0 Å². The molecule has 116 valence electrons. The zero-order chi connectivity index (χ0) is 15.6. The Hall–Kier alpha value is -1.43. The molecule has 1 saturated carbocycles. The molecule has 1 aromatic heterocycles. The highest BCUT2D eigenvalue weighted by molar-refractivity contribution is 7.80. The summed E-state index contributed by atoms with van der Waals surface area (Å²) in [5.41, 5.74) is 6.72. The number of carbonyl (C=O) groups is 1. The fourth-order valence-corrected chi connectivity index (χ4v) is 3.37. The van der Waals surface area contributed by atoms with Crippen LogP contribution in [0.5, 0.6) is 0 Å². The first-order valence-electron chi connectivity index (χ1n) is 7.50. The lowest BCUT2D eigenvalue weighted by Gasteiger charge is -2.40. The quantitative estimate of drug-likeness (QED) is 0.835. The van der Waals surface area contributed by atoms with Crippen LogP contribution in [-0.2, 0) is 7.05 Å². The lowest BCUT2D eigenvalue weighted by molar-refractivity contribution is 0.0897. The molecule has 0 radical (unpaired) electrons. The van der Waals surface area contributed by atoms with Crippen LogP contribution in [0.4, 0.5) is 0 Å². The molecule has 0 spiro atoms. The zero-order valence-corrected chi connectivity index (χ0v) is 13.8. The number of nitrogens with two attached hydrogens (primary N) is 1. The van der Waals surface area contributed by atoms with Crippen LogP contribution in [0.15, 0.2) is 6.20 Å². The van der Waals surface area contributed by atoms with E-state index in [1.54, 1.807) is 17.9 Å². The van der Waals surface area contributed by atoms with Crippen molar-refractivity contribution < 1.29 is 4.79 Å². The molecule has 0 bridgehead atoms. The molecule has 0 unspecified atom stereocenters. The Morgan fingerprint density at radius 3 is 2.62 bits per heavy atom. The number of thiocarbonyl (C=S) groups is 1. The van der Waals surface area contributed by atoms with E-state index in [9.17, 15) is 4.79 Å². The first-order chi connectivity index (χ1) is 9.88. The van der Waals surface area contributed by atoms with E-state index in [-0.39, 0.29) is 5.91 Å². The van der Waals surface area contributed by atoms with Crippen molar-refractivity contribution >= 4 is 23.1 Å². The number of aromatic nitrogens is 2. The molecular formula is C15H24N4OS. The van der Waals surface area contributed by atoms with Gasteiger partial charge < -0.3 is 11.1 Å². The number of nitrogens with zero attached hydrogens (tertiary/aromatic N) is 2. The molecule has 2 rings (SSSR count). The molecule has 0 aromatic carbocycles. The van der Waals surface area contributed by atoms with Crippen LogP contribution in [0, 0.1) is 12.8 Å². The van der Waals surface area contributed by atoms with Gasteiger partial charge in [-0.05, 0) is 38.5 Å². The van der Waals surface area contributed by atoms with E-state index in [0.717, 1.165) is 31.4 Å². The highest BCUT2D eigenvalue weighted by Gasteiger charge is 2.39. The molecule has 0 atom stereocenters. The maximum absolute atomic E-state index is 12.5. The summed E-state index contributed by atoms with van der Waals surface area (Å²) >= 11 is 5.25. The second-order valence-corrected chi connectivity index (χ2v) is 6.49. The van der Waals surface area contributed by atoms with Gasteiger partial charge in [0.15, 0.2) is 0 Å². The van der Waals surface area contributed by atoms with Gasteiger partial charge >= 0.3 is 0 Å². The van der Waals surface area contributed by atoms with Crippen LogP contribution in [0.3, 0.4) is 0 Å². The van der Waals surface area contributed by atoms with E-state index in [2.05, 4.69) is 17.3 Å². The van der Waals surface area contributed by atoms with Gasteiger partial charge in [-0.1, -0.05) is 25.6 Å². The molecule has 6 heteroatoms. The van der Waals surface area contributed by atoms with Gasteiger partial charge in [0, 0.05) is 13.2 Å². The minimum atomic E-state index is -0.541. The lowest BCUT2D eigenvalue weighted by atomic mass is 9.75. The average molecular weight is 308 g/mol. The molecule has 1 heterocycles. The summed E-state index contributed by atoms with van der Waals surface area (Å²) in [6, 6.07) is 0. The van der Waals surface area contributed by atoms with Gasteiger partial charge in [0.25, 0.3) is 5.91 Å². The predicted octanol–water partition coefficient (Wildman–Crippen LogP) is 2.08. The molecule has 1 fully saturated rings. The minimum Gasteiger partial charge on any atom is -0.391 e. The average Bonchev–Trinajstić information content (AvgIpc) is 2.78. The number of aryl methyl sites for hydroxylation is 2. The molecule has 3 N–H and O–H groups in total. The molecule has 21 heavy (non-hydrogen) atoms. The summed E-state index contributed by atoms with van der Waals surface area (Å²) in [6.07, 6.45) is 6.66. The maximum Gasteiger partial charge on any atom is 0.255 e. The van der Waals surface area contributed by atoms with Gasteiger partial charge in [-0.3, -0.25) is 9.48 Å². The normalized spacial score (nSPS) is 25.6. The van der Waals surface area contributed by atoms with E-state index in [0.29, 0.717) is 16.5 Å². The molecule has 1 aliphatic carbocycles. The number of nitrogens with one attached hydrogen (secondary N) is 1. The van der Waals surface area contributed by atoms with Crippen molar-refractivity contribution in [2.45, 2.75) is 51.5 Å². The first kappa shape index (κ1) is 15.9. The summed E-state index contributed by atoms with van der Waals surface area (Å²) in [6.45, 7) is 4.03. The monoisotopic (exact) mass is 308 g/mol. The van der Waals surface area contributed by atoms with Crippen LogP contribution >= 0.6 is 12.2 Å². The number of rotatable bonds is 4. The Morgan fingerprint density at radius 1 is 1.57 bits per heavy atom. The fraction of sp³-hybridized carbons (Fsp3) is 0.667. The summed E-state index contributed by atoms with van der Waals surface area (Å²) in [4.78, 5) is 12.9. The van der Waals surface area contributed by atoms with E-state index >= 15 is 0 Å². The van der Waals surface area contributed by atoms with E-state index in [1.807, 2.05) is 6.92 Å².